The maximum Gasteiger partial charge on any atom is 0.435 e. The summed E-state index contributed by atoms with van der Waals surface area (Å²) < 4.78 is 102. The molecule has 262 valence electrons. The van der Waals surface area contributed by atoms with Crippen molar-refractivity contribution in [1.29, 1.82) is 0 Å². The van der Waals surface area contributed by atoms with Crippen LogP contribution in [0, 0.1) is 29.4 Å². The van der Waals surface area contributed by atoms with Crippen molar-refractivity contribution in [3.05, 3.63) is 100 Å². The largest absolute Gasteiger partial charge is 0.435 e. The molecule has 0 bridgehead atoms. The predicted octanol–water partition coefficient (Wildman–Crippen LogP) is 7.10. The number of H-pyrrole nitrogens is 1. The van der Waals surface area contributed by atoms with Crippen LogP contribution in [-0.4, -0.2) is 47.3 Å². The number of fused-ring (bicyclic) bond motifs is 4. The van der Waals surface area contributed by atoms with Gasteiger partial charge in [-0.25, -0.2) is 18.8 Å². The summed E-state index contributed by atoms with van der Waals surface area (Å²) in [5.41, 5.74) is -2.99. The number of hydrogen-bond donors (Lipinski definition) is 2. The second kappa shape index (κ2) is 12.2. The maximum absolute atomic E-state index is 15.5. The van der Waals surface area contributed by atoms with Crippen molar-refractivity contribution < 1.29 is 40.6 Å². The standard InChI is InChI=1S/C36H27F7N6O2/c1-34(2,51)11-10-21-6-7-23(22-4-3-5-27-25(22)16-44-47-27)31(45-21)28(14-18-12-19(37)15-20(38)13-18)46-29(50)17-49-33-30(32(48-49)36(41,42)43)24-8-9-26(24)35(33,39)40/h3-7,12-13,15-16,24,26,51H,8-9,14,17H2,1-2H3,(H,44,47)/t24-,26+/m0/s1. The molecule has 15 heteroatoms. The fraction of sp³-hybridized carbons (Fsp3) is 0.306. The fourth-order valence-corrected chi connectivity index (χ4v) is 6.74. The number of rotatable bonds is 6. The summed E-state index contributed by atoms with van der Waals surface area (Å²) in [4.78, 5) is 22.5. The zero-order valence-corrected chi connectivity index (χ0v) is 26.9. The quantitative estimate of drug-likeness (QED) is 0.111. The molecule has 0 aliphatic heterocycles. The zero-order chi connectivity index (χ0) is 36.5. The van der Waals surface area contributed by atoms with Crippen molar-refractivity contribution in [3.63, 3.8) is 0 Å². The first-order chi connectivity index (χ1) is 24.0. The summed E-state index contributed by atoms with van der Waals surface area (Å²) in [5, 5.41) is 21.2. The highest BCUT2D eigenvalue weighted by molar-refractivity contribution is 6.11. The van der Waals surface area contributed by atoms with Crippen LogP contribution in [0.2, 0.25) is 0 Å². The molecule has 2 aliphatic carbocycles. The minimum Gasteiger partial charge on any atom is -0.378 e. The van der Waals surface area contributed by atoms with E-state index in [-0.39, 0.29) is 35.5 Å². The molecule has 0 radical (unpaired) electrons. The number of aromatic nitrogens is 5. The molecule has 3 heterocycles. The summed E-state index contributed by atoms with van der Waals surface area (Å²) in [7, 11) is 0. The van der Waals surface area contributed by atoms with Crippen LogP contribution < -0.4 is 0 Å². The van der Waals surface area contributed by atoms with Gasteiger partial charge in [-0.15, -0.1) is 0 Å². The van der Waals surface area contributed by atoms with E-state index in [1.807, 2.05) is 0 Å². The van der Waals surface area contributed by atoms with Crippen molar-refractivity contribution in [3.8, 4) is 23.0 Å². The number of amides is 1. The van der Waals surface area contributed by atoms with E-state index in [0.29, 0.717) is 32.8 Å². The third kappa shape index (κ3) is 6.40. The average molecular weight is 709 g/mol. The van der Waals surface area contributed by atoms with E-state index in [9.17, 15) is 31.9 Å². The molecule has 7 rings (SSSR count). The highest BCUT2D eigenvalue weighted by Crippen LogP contribution is 2.64. The third-order valence-corrected chi connectivity index (χ3v) is 8.96. The summed E-state index contributed by atoms with van der Waals surface area (Å²) >= 11 is 0. The Kier molecular flexibility index (Phi) is 8.13. The van der Waals surface area contributed by atoms with Crippen molar-refractivity contribution >= 4 is 22.5 Å². The van der Waals surface area contributed by atoms with Gasteiger partial charge in [0.1, 0.15) is 35.2 Å². The van der Waals surface area contributed by atoms with E-state index in [1.54, 1.807) is 36.5 Å². The molecule has 2 N–H and O–H groups in total. The number of aliphatic imine (C=N–C) groups is 1. The lowest BCUT2D eigenvalue weighted by molar-refractivity contribution is -0.143. The third-order valence-electron chi connectivity index (χ3n) is 8.96. The minimum atomic E-state index is -5.05. The number of nitrogens with zero attached hydrogens (tertiary/aromatic N) is 5. The number of carbonyl (C=O) groups is 1. The van der Waals surface area contributed by atoms with Crippen LogP contribution in [0.1, 0.15) is 66.5 Å². The predicted molar refractivity (Wildman–Crippen MR) is 171 cm³/mol. The Morgan fingerprint density at radius 3 is 2.49 bits per heavy atom. The van der Waals surface area contributed by atoms with E-state index in [4.69, 9.17) is 0 Å². The van der Waals surface area contributed by atoms with Crippen LogP contribution in [0.3, 0.4) is 0 Å². The van der Waals surface area contributed by atoms with Gasteiger partial charge in [0.15, 0.2) is 5.69 Å². The van der Waals surface area contributed by atoms with Gasteiger partial charge in [0, 0.05) is 34.9 Å². The topological polar surface area (TPSA) is 109 Å². The SMILES string of the molecule is CC(C)(O)C#Cc1ccc(-c2cccc3[nH]ncc23)c(C(Cc2cc(F)cc(F)c2)=NC(=O)Cn2nc(C(F)(F)F)c3c2C(F)(F)[C@@H]2CC[C@H]32)n1. The van der Waals surface area contributed by atoms with Crippen LogP contribution in [-0.2, 0) is 29.9 Å². The van der Waals surface area contributed by atoms with Gasteiger partial charge in [-0.2, -0.15) is 32.1 Å². The van der Waals surface area contributed by atoms with E-state index in [2.05, 4.69) is 37.1 Å². The highest BCUT2D eigenvalue weighted by Gasteiger charge is 2.63. The van der Waals surface area contributed by atoms with Gasteiger partial charge in [-0.3, -0.25) is 14.6 Å². The van der Waals surface area contributed by atoms with Gasteiger partial charge >= 0.3 is 6.18 Å². The number of aromatic amines is 1. The number of halogens is 7. The number of benzene rings is 2. The Bertz CT molecular complexity index is 2290. The average Bonchev–Trinajstić information content (AvgIpc) is 3.67. The van der Waals surface area contributed by atoms with Gasteiger partial charge in [0.2, 0.25) is 0 Å². The maximum atomic E-state index is 15.5. The number of aliphatic hydroxyl groups is 1. The Labute approximate surface area is 285 Å². The van der Waals surface area contributed by atoms with Crippen molar-refractivity contribution in [2.75, 3.05) is 0 Å². The first-order valence-electron chi connectivity index (χ1n) is 15.8. The molecule has 3 aromatic heterocycles. The second-order valence-corrected chi connectivity index (χ2v) is 13.1. The number of nitrogens with one attached hydrogen (secondary N) is 1. The van der Waals surface area contributed by atoms with E-state index < -0.39 is 77.0 Å². The van der Waals surface area contributed by atoms with E-state index in [1.165, 1.54) is 13.8 Å². The molecule has 8 nitrogen and oxygen atoms in total. The van der Waals surface area contributed by atoms with Gasteiger partial charge in [0.25, 0.3) is 11.8 Å². The van der Waals surface area contributed by atoms with Crippen molar-refractivity contribution in [1.82, 2.24) is 25.0 Å². The summed E-state index contributed by atoms with van der Waals surface area (Å²) in [5.74, 6) is -3.69. The Morgan fingerprint density at radius 2 is 1.82 bits per heavy atom. The fourth-order valence-electron chi connectivity index (χ4n) is 6.74. The molecule has 1 fully saturated rings. The van der Waals surface area contributed by atoms with Crippen LogP contribution in [0.15, 0.2) is 59.7 Å². The molecular weight excluding hydrogens is 681 g/mol. The highest BCUT2D eigenvalue weighted by atomic mass is 19.4. The molecular formula is C36H27F7N6O2. The first kappa shape index (κ1) is 34.1. The van der Waals surface area contributed by atoms with Gasteiger partial charge in [-0.1, -0.05) is 18.1 Å². The van der Waals surface area contributed by atoms with Crippen LogP contribution >= 0.6 is 0 Å². The molecule has 0 spiro atoms. The molecule has 0 saturated heterocycles. The lowest BCUT2D eigenvalue weighted by Gasteiger charge is -2.34. The lowest BCUT2D eigenvalue weighted by atomic mass is 9.73. The number of carbonyl (C=O) groups excluding carboxylic acids is 1. The van der Waals surface area contributed by atoms with E-state index >= 15 is 8.78 Å². The van der Waals surface area contributed by atoms with Gasteiger partial charge < -0.3 is 5.11 Å². The normalized spacial score (nSPS) is 18.2. The van der Waals surface area contributed by atoms with E-state index in [0.717, 1.165) is 12.1 Å². The summed E-state index contributed by atoms with van der Waals surface area (Å²) in [6, 6.07) is 11.0. The Hall–Kier alpha value is -5.36. The number of hydrogen-bond acceptors (Lipinski definition) is 5. The summed E-state index contributed by atoms with van der Waals surface area (Å²) in [6.45, 7) is 1.81. The Balaban J connectivity index is 1.39. The van der Waals surface area contributed by atoms with Crippen molar-refractivity contribution in [2.45, 2.75) is 63.3 Å². The molecule has 2 aromatic carbocycles. The second-order valence-electron chi connectivity index (χ2n) is 13.1. The molecule has 5 aromatic rings. The smallest absolute Gasteiger partial charge is 0.378 e. The van der Waals surface area contributed by atoms with Crippen LogP contribution in [0.25, 0.3) is 22.0 Å². The molecule has 51 heavy (non-hydrogen) atoms. The first-order valence-corrected chi connectivity index (χ1v) is 15.8. The van der Waals surface area contributed by atoms with Crippen LogP contribution in [0.4, 0.5) is 30.7 Å². The van der Waals surface area contributed by atoms with Crippen LogP contribution in [0.5, 0.6) is 0 Å². The Morgan fingerprint density at radius 1 is 1.08 bits per heavy atom. The molecule has 2 aliphatic rings. The molecule has 1 saturated carbocycles. The monoisotopic (exact) mass is 708 g/mol. The minimum absolute atomic E-state index is 0.00526. The van der Waals surface area contributed by atoms with Crippen molar-refractivity contribution in [2.24, 2.45) is 10.9 Å². The number of pyridine rings is 1. The molecule has 2 atom stereocenters. The lowest BCUT2D eigenvalue weighted by Crippen LogP contribution is -2.33. The zero-order valence-electron chi connectivity index (χ0n) is 26.9. The summed E-state index contributed by atoms with van der Waals surface area (Å²) in [6.07, 6.45) is -3.77. The number of alkyl halides is 5. The molecule has 1 amide bonds. The van der Waals surface area contributed by atoms with Gasteiger partial charge in [0.05, 0.1) is 23.1 Å². The van der Waals surface area contributed by atoms with Gasteiger partial charge in [-0.05, 0) is 80.0 Å². The molecule has 0 unspecified atom stereocenters.